The fourth-order valence-electron chi connectivity index (χ4n) is 1.96. The maximum atomic E-state index is 11.7. The van der Waals surface area contributed by atoms with Crippen molar-refractivity contribution in [1.29, 1.82) is 0 Å². The van der Waals surface area contributed by atoms with E-state index in [1.807, 2.05) is 38.2 Å². The molecule has 1 aromatic rings. The highest BCUT2D eigenvalue weighted by Gasteiger charge is 2.27. The lowest BCUT2D eigenvalue weighted by atomic mass is 9.91. The van der Waals surface area contributed by atoms with Crippen molar-refractivity contribution in [3.05, 3.63) is 34.9 Å². The van der Waals surface area contributed by atoms with Crippen molar-refractivity contribution >= 4 is 17.6 Å². The SMILES string of the molecule is CCC(C(=O)OC)C(NC)c1ccc(Cl)cc1. The molecule has 2 atom stereocenters. The molecule has 0 aromatic heterocycles. The number of ether oxygens (including phenoxy) is 1. The summed E-state index contributed by atoms with van der Waals surface area (Å²) in [5.74, 6) is -0.382. The minimum Gasteiger partial charge on any atom is -0.469 e. The number of esters is 1. The van der Waals surface area contributed by atoms with Crippen LogP contribution in [0.2, 0.25) is 5.02 Å². The Bertz CT molecular complexity index is 364. The Hall–Kier alpha value is -1.06. The molecule has 0 saturated carbocycles. The minimum absolute atomic E-state index is 0.0512. The average Bonchev–Trinajstić information content (AvgIpc) is 2.36. The highest BCUT2D eigenvalue weighted by molar-refractivity contribution is 6.30. The fourth-order valence-corrected chi connectivity index (χ4v) is 2.09. The van der Waals surface area contributed by atoms with Crippen LogP contribution in [0.4, 0.5) is 0 Å². The van der Waals surface area contributed by atoms with Crippen LogP contribution < -0.4 is 5.32 Å². The summed E-state index contributed by atoms with van der Waals surface area (Å²) in [6.07, 6.45) is 0.723. The lowest BCUT2D eigenvalue weighted by Gasteiger charge is -2.24. The number of rotatable bonds is 5. The summed E-state index contributed by atoms with van der Waals surface area (Å²) in [7, 11) is 3.25. The first kappa shape index (κ1) is 14.0. The Labute approximate surface area is 107 Å². The highest BCUT2D eigenvalue weighted by atomic mass is 35.5. The van der Waals surface area contributed by atoms with Gasteiger partial charge in [0, 0.05) is 11.1 Å². The van der Waals surface area contributed by atoms with Gasteiger partial charge in [-0.2, -0.15) is 0 Å². The molecule has 0 saturated heterocycles. The number of hydrogen-bond acceptors (Lipinski definition) is 3. The van der Waals surface area contributed by atoms with Crippen LogP contribution in [-0.4, -0.2) is 20.1 Å². The lowest BCUT2D eigenvalue weighted by molar-refractivity contribution is -0.146. The van der Waals surface area contributed by atoms with E-state index in [9.17, 15) is 4.79 Å². The van der Waals surface area contributed by atoms with Crippen LogP contribution in [0.15, 0.2) is 24.3 Å². The second-order valence-corrected chi connectivity index (χ2v) is 4.29. The van der Waals surface area contributed by atoms with E-state index >= 15 is 0 Å². The molecule has 94 valence electrons. The Morgan fingerprint density at radius 2 is 2.00 bits per heavy atom. The molecule has 1 N–H and O–H groups in total. The van der Waals surface area contributed by atoms with Gasteiger partial charge in [0.05, 0.1) is 13.0 Å². The van der Waals surface area contributed by atoms with Gasteiger partial charge in [-0.15, -0.1) is 0 Å². The van der Waals surface area contributed by atoms with E-state index in [1.165, 1.54) is 7.11 Å². The summed E-state index contributed by atoms with van der Waals surface area (Å²) in [5.41, 5.74) is 1.04. The van der Waals surface area contributed by atoms with Crippen molar-refractivity contribution in [3.8, 4) is 0 Å². The third-order valence-corrected chi connectivity index (χ3v) is 3.14. The van der Waals surface area contributed by atoms with Gasteiger partial charge in [-0.25, -0.2) is 0 Å². The smallest absolute Gasteiger partial charge is 0.310 e. The summed E-state index contributed by atoms with van der Waals surface area (Å²) < 4.78 is 4.83. The quantitative estimate of drug-likeness (QED) is 0.823. The Morgan fingerprint density at radius 3 is 2.41 bits per heavy atom. The topological polar surface area (TPSA) is 38.3 Å². The first-order chi connectivity index (χ1) is 8.13. The molecule has 4 heteroatoms. The standard InChI is InChI=1S/C13H18ClNO2/c1-4-11(13(16)17-3)12(15-2)9-5-7-10(14)8-6-9/h5-8,11-12,15H,4H2,1-3H3. The van der Waals surface area contributed by atoms with Crippen LogP contribution in [0.25, 0.3) is 0 Å². The van der Waals surface area contributed by atoms with E-state index in [-0.39, 0.29) is 17.9 Å². The van der Waals surface area contributed by atoms with Crippen molar-refractivity contribution in [1.82, 2.24) is 5.32 Å². The lowest BCUT2D eigenvalue weighted by Crippen LogP contribution is -2.31. The monoisotopic (exact) mass is 255 g/mol. The number of carbonyl (C=O) groups excluding carboxylic acids is 1. The van der Waals surface area contributed by atoms with Gasteiger partial charge in [0.15, 0.2) is 0 Å². The first-order valence-corrected chi connectivity index (χ1v) is 6.02. The van der Waals surface area contributed by atoms with Gasteiger partial charge >= 0.3 is 5.97 Å². The van der Waals surface area contributed by atoms with Crippen molar-refractivity contribution in [2.45, 2.75) is 19.4 Å². The van der Waals surface area contributed by atoms with Crippen LogP contribution in [0, 0.1) is 5.92 Å². The molecular formula is C13H18ClNO2. The number of halogens is 1. The zero-order chi connectivity index (χ0) is 12.8. The molecule has 3 nitrogen and oxygen atoms in total. The number of nitrogens with one attached hydrogen (secondary N) is 1. The predicted molar refractivity (Wildman–Crippen MR) is 69.0 cm³/mol. The Kier molecular flexibility index (Phi) is 5.45. The molecule has 0 fully saturated rings. The van der Waals surface area contributed by atoms with E-state index in [0.29, 0.717) is 5.02 Å². The second-order valence-electron chi connectivity index (χ2n) is 3.86. The molecule has 0 bridgehead atoms. The molecule has 0 radical (unpaired) electrons. The molecule has 2 unspecified atom stereocenters. The van der Waals surface area contributed by atoms with Gasteiger partial charge in [0.2, 0.25) is 0 Å². The molecule has 0 aliphatic carbocycles. The van der Waals surface area contributed by atoms with Crippen molar-refractivity contribution < 1.29 is 9.53 Å². The number of methoxy groups -OCH3 is 1. The zero-order valence-electron chi connectivity index (χ0n) is 10.4. The summed E-state index contributed by atoms with van der Waals surface area (Å²) in [5, 5.41) is 3.85. The maximum Gasteiger partial charge on any atom is 0.310 e. The van der Waals surface area contributed by atoms with E-state index in [0.717, 1.165) is 12.0 Å². The van der Waals surface area contributed by atoms with E-state index in [2.05, 4.69) is 5.32 Å². The summed E-state index contributed by atoms with van der Waals surface area (Å²) in [6, 6.07) is 7.45. The average molecular weight is 256 g/mol. The van der Waals surface area contributed by atoms with Crippen LogP contribution in [-0.2, 0) is 9.53 Å². The van der Waals surface area contributed by atoms with Crippen LogP contribution in [0.1, 0.15) is 24.9 Å². The van der Waals surface area contributed by atoms with Gasteiger partial charge in [-0.3, -0.25) is 4.79 Å². The van der Waals surface area contributed by atoms with Gasteiger partial charge in [-0.05, 0) is 31.2 Å². The summed E-state index contributed by atoms with van der Waals surface area (Å²) in [6.45, 7) is 1.97. The minimum atomic E-state index is -0.193. The largest absolute Gasteiger partial charge is 0.469 e. The first-order valence-electron chi connectivity index (χ1n) is 5.64. The molecule has 0 aliphatic heterocycles. The van der Waals surface area contributed by atoms with Crippen LogP contribution >= 0.6 is 11.6 Å². The van der Waals surface area contributed by atoms with E-state index < -0.39 is 0 Å². The molecule has 0 aliphatic rings. The normalized spacial score (nSPS) is 14.1. The van der Waals surface area contributed by atoms with Crippen LogP contribution in [0.3, 0.4) is 0 Å². The predicted octanol–water partition coefficient (Wildman–Crippen LogP) is 2.80. The Balaban J connectivity index is 2.96. The van der Waals surface area contributed by atoms with Gasteiger partial charge in [0.25, 0.3) is 0 Å². The van der Waals surface area contributed by atoms with Crippen LogP contribution in [0.5, 0.6) is 0 Å². The van der Waals surface area contributed by atoms with Crippen molar-refractivity contribution in [2.75, 3.05) is 14.2 Å². The third-order valence-electron chi connectivity index (χ3n) is 2.89. The molecule has 1 aromatic carbocycles. The molecule has 1 rings (SSSR count). The summed E-state index contributed by atoms with van der Waals surface area (Å²) in [4.78, 5) is 11.7. The Morgan fingerprint density at radius 1 is 1.41 bits per heavy atom. The highest BCUT2D eigenvalue weighted by Crippen LogP contribution is 2.26. The van der Waals surface area contributed by atoms with Gasteiger partial charge < -0.3 is 10.1 Å². The zero-order valence-corrected chi connectivity index (χ0v) is 11.1. The summed E-state index contributed by atoms with van der Waals surface area (Å²) >= 11 is 5.85. The number of carbonyl (C=O) groups is 1. The second kappa shape index (κ2) is 6.62. The fraction of sp³-hybridized carbons (Fsp3) is 0.462. The van der Waals surface area contributed by atoms with E-state index in [4.69, 9.17) is 16.3 Å². The van der Waals surface area contributed by atoms with Gasteiger partial charge in [-0.1, -0.05) is 30.7 Å². The maximum absolute atomic E-state index is 11.7. The third kappa shape index (κ3) is 3.45. The molecule has 0 heterocycles. The molecular weight excluding hydrogens is 238 g/mol. The van der Waals surface area contributed by atoms with Crippen molar-refractivity contribution in [2.24, 2.45) is 5.92 Å². The molecule has 17 heavy (non-hydrogen) atoms. The number of hydrogen-bond donors (Lipinski definition) is 1. The van der Waals surface area contributed by atoms with E-state index in [1.54, 1.807) is 0 Å². The molecule has 0 amide bonds. The van der Waals surface area contributed by atoms with Gasteiger partial charge in [0.1, 0.15) is 0 Å². The van der Waals surface area contributed by atoms with Crippen molar-refractivity contribution in [3.63, 3.8) is 0 Å². The number of benzene rings is 1. The molecule has 0 spiro atoms.